The van der Waals surface area contributed by atoms with Crippen molar-refractivity contribution in [2.24, 2.45) is 10.7 Å². The first-order valence-electron chi connectivity index (χ1n) is 6.43. The summed E-state index contributed by atoms with van der Waals surface area (Å²) in [6.45, 7) is 0.704. The molecule has 0 saturated carbocycles. The minimum Gasteiger partial charge on any atom is -0.480 e. The SMILES string of the molecule is NC(=O)CCN1CC(C(=O)O)N=C1Cc1ccccc1. The van der Waals surface area contributed by atoms with Crippen molar-refractivity contribution < 1.29 is 14.7 Å². The van der Waals surface area contributed by atoms with Gasteiger partial charge in [-0.3, -0.25) is 9.79 Å². The Labute approximate surface area is 116 Å². The van der Waals surface area contributed by atoms with Crippen molar-refractivity contribution in [1.82, 2.24) is 4.90 Å². The van der Waals surface area contributed by atoms with Crippen molar-refractivity contribution in [2.75, 3.05) is 13.1 Å². The maximum atomic E-state index is 11.1. The Morgan fingerprint density at radius 2 is 2.05 bits per heavy atom. The number of aliphatic imine (C=N–C) groups is 1. The highest BCUT2D eigenvalue weighted by atomic mass is 16.4. The lowest BCUT2D eigenvalue weighted by atomic mass is 10.1. The van der Waals surface area contributed by atoms with E-state index in [4.69, 9.17) is 10.8 Å². The van der Waals surface area contributed by atoms with Gasteiger partial charge in [-0.15, -0.1) is 0 Å². The van der Waals surface area contributed by atoms with Crippen LogP contribution in [0.3, 0.4) is 0 Å². The molecule has 106 valence electrons. The van der Waals surface area contributed by atoms with Crippen molar-refractivity contribution in [3.63, 3.8) is 0 Å². The Balaban J connectivity index is 2.09. The number of amidine groups is 1. The van der Waals surface area contributed by atoms with Crippen LogP contribution in [0.25, 0.3) is 0 Å². The van der Waals surface area contributed by atoms with Crippen molar-refractivity contribution in [2.45, 2.75) is 18.9 Å². The first-order chi connectivity index (χ1) is 9.56. The summed E-state index contributed by atoms with van der Waals surface area (Å²) in [6, 6.07) is 8.93. The second-order valence-electron chi connectivity index (χ2n) is 4.72. The lowest BCUT2D eigenvalue weighted by Crippen LogP contribution is -2.35. The first kappa shape index (κ1) is 14.0. The molecule has 1 aromatic rings. The molecular weight excluding hydrogens is 258 g/mol. The van der Waals surface area contributed by atoms with Crippen molar-refractivity contribution in [3.8, 4) is 0 Å². The van der Waals surface area contributed by atoms with Crippen LogP contribution in [0, 0.1) is 0 Å². The van der Waals surface area contributed by atoms with Gasteiger partial charge in [-0.05, 0) is 5.56 Å². The van der Waals surface area contributed by atoms with Gasteiger partial charge in [-0.25, -0.2) is 4.79 Å². The van der Waals surface area contributed by atoms with E-state index in [1.807, 2.05) is 35.2 Å². The van der Waals surface area contributed by atoms with Crippen LogP contribution < -0.4 is 5.73 Å². The Bertz CT molecular complexity index is 528. The zero-order chi connectivity index (χ0) is 14.5. The fourth-order valence-corrected chi connectivity index (χ4v) is 2.15. The predicted molar refractivity (Wildman–Crippen MR) is 74.4 cm³/mol. The summed E-state index contributed by atoms with van der Waals surface area (Å²) in [7, 11) is 0. The van der Waals surface area contributed by atoms with Crippen LogP contribution in [0.2, 0.25) is 0 Å². The van der Waals surface area contributed by atoms with Gasteiger partial charge in [-0.1, -0.05) is 30.3 Å². The Morgan fingerprint density at radius 3 is 2.65 bits per heavy atom. The lowest BCUT2D eigenvalue weighted by molar-refractivity contribution is -0.138. The number of carbonyl (C=O) groups excluding carboxylic acids is 1. The van der Waals surface area contributed by atoms with E-state index in [0.29, 0.717) is 25.3 Å². The highest BCUT2D eigenvalue weighted by molar-refractivity contribution is 5.91. The molecule has 1 aliphatic heterocycles. The van der Waals surface area contributed by atoms with Crippen LogP contribution in [0.15, 0.2) is 35.3 Å². The molecule has 1 atom stereocenters. The molecule has 0 fully saturated rings. The maximum Gasteiger partial charge on any atom is 0.330 e. The molecule has 2 rings (SSSR count). The van der Waals surface area contributed by atoms with E-state index in [0.717, 1.165) is 5.56 Å². The molecule has 1 aliphatic rings. The molecule has 0 saturated heterocycles. The number of carboxylic acids is 1. The molecule has 1 aromatic carbocycles. The number of carboxylic acid groups (broad SMARTS) is 1. The van der Waals surface area contributed by atoms with E-state index in [1.165, 1.54) is 0 Å². The number of amides is 1. The number of nitrogens with two attached hydrogens (primary N) is 1. The van der Waals surface area contributed by atoms with Gasteiger partial charge < -0.3 is 15.7 Å². The van der Waals surface area contributed by atoms with Gasteiger partial charge >= 0.3 is 5.97 Å². The largest absolute Gasteiger partial charge is 0.480 e. The van der Waals surface area contributed by atoms with Gasteiger partial charge in [0.25, 0.3) is 0 Å². The molecule has 0 aliphatic carbocycles. The van der Waals surface area contributed by atoms with Crippen molar-refractivity contribution in [1.29, 1.82) is 0 Å². The normalized spacial score (nSPS) is 17.9. The second-order valence-corrected chi connectivity index (χ2v) is 4.72. The molecule has 1 heterocycles. The molecule has 6 nitrogen and oxygen atoms in total. The quantitative estimate of drug-likeness (QED) is 0.779. The monoisotopic (exact) mass is 275 g/mol. The minimum atomic E-state index is -0.947. The number of benzene rings is 1. The highest BCUT2D eigenvalue weighted by Crippen LogP contribution is 2.14. The van der Waals surface area contributed by atoms with Crippen molar-refractivity contribution in [3.05, 3.63) is 35.9 Å². The van der Waals surface area contributed by atoms with Gasteiger partial charge in [0.05, 0.1) is 6.54 Å². The topological polar surface area (TPSA) is 96.0 Å². The number of rotatable bonds is 6. The van der Waals surface area contributed by atoms with Crippen LogP contribution in [0.4, 0.5) is 0 Å². The summed E-state index contributed by atoms with van der Waals surface area (Å²) < 4.78 is 0. The standard InChI is InChI=1S/C14H17N3O3/c15-12(18)6-7-17-9-11(14(19)20)16-13(17)8-10-4-2-1-3-5-10/h1-5,11H,6-9H2,(H2,15,18)(H,19,20). The van der Waals surface area contributed by atoms with Crippen molar-refractivity contribution >= 4 is 17.7 Å². The van der Waals surface area contributed by atoms with Crippen LogP contribution >= 0.6 is 0 Å². The van der Waals surface area contributed by atoms with E-state index in [1.54, 1.807) is 0 Å². The zero-order valence-corrected chi connectivity index (χ0v) is 11.0. The number of carbonyl (C=O) groups is 2. The minimum absolute atomic E-state index is 0.195. The summed E-state index contributed by atoms with van der Waals surface area (Å²) >= 11 is 0. The summed E-state index contributed by atoms with van der Waals surface area (Å²) in [5.74, 6) is -0.648. The van der Waals surface area contributed by atoms with Gasteiger partial charge in [0.15, 0.2) is 6.04 Å². The summed E-state index contributed by atoms with van der Waals surface area (Å²) in [4.78, 5) is 28.0. The van der Waals surface area contributed by atoms with Gasteiger partial charge in [0.2, 0.25) is 5.91 Å². The van der Waals surface area contributed by atoms with Gasteiger partial charge in [0.1, 0.15) is 5.84 Å². The third-order valence-electron chi connectivity index (χ3n) is 3.18. The van der Waals surface area contributed by atoms with Crippen LogP contribution in [-0.2, 0) is 16.0 Å². The Hall–Kier alpha value is -2.37. The number of hydrogen-bond acceptors (Lipinski definition) is 4. The summed E-state index contributed by atoms with van der Waals surface area (Å²) in [6.07, 6.45) is 0.754. The van der Waals surface area contributed by atoms with E-state index >= 15 is 0 Å². The second kappa shape index (κ2) is 6.18. The summed E-state index contributed by atoms with van der Waals surface area (Å²) in [5.41, 5.74) is 6.20. The fraction of sp³-hybridized carbons (Fsp3) is 0.357. The fourth-order valence-electron chi connectivity index (χ4n) is 2.15. The number of hydrogen-bond donors (Lipinski definition) is 2. The van der Waals surface area contributed by atoms with E-state index in [2.05, 4.69) is 4.99 Å². The average molecular weight is 275 g/mol. The molecule has 3 N–H and O–H groups in total. The predicted octanol–water partition coefficient (Wildman–Crippen LogP) is 0.272. The Morgan fingerprint density at radius 1 is 1.35 bits per heavy atom. The molecule has 6 heteroatoms. The van der Waals surface area contributed by atoms with Crippen LogP contribution in [0.5, 0.6) is 0 Å². The summed E-state index contributed by atoms with van der Waals surface area (Å²) in [5, 5.41) is 9.07. The van der Waals surface area contributed by atoms with Gasteiger partial charge in [0, 0.05) is 19.4 Å². The third kappa shape index (κ3) is 3.57. The molecule has 20 heavy (non-hydrogen) atoms. The number of nitrogens with zero attached hydrogens (tertiary/aromatic N) is 2. The lowest BCUT2D eigenvalue weighted by Gasteiger charge is -2.20. The molecule has 0 aromatic heterocycles. The molecular formula is C14H17N3O3. The number of aliphatic carboxylic acids is 1. The van der Waals surface area contributed by atoms with E-state index in [9.17, 15) is 9.59 Å². The van der Waals surface area contributed by atoms with E-state index < -0.39 is 17.9 Å². The molecule has 1 unspecified atom stereocenters. The van der Waals surface area contributed by atoms with Crippen LogP contribution in [0.1, 0.15) is 12.0 Å². The molecule has 0 bridgehead atoms. The van der Waals surface area contributed by atoms with E-state index in [-0.39, 0.29) is 6.42 Å². The average Bonchev–Trinajstić information content (AvgIpc) is 2.81. The maximum absolute atomic E-state index is 11.1. The Kier molecular flexibility index (Phi) is 4.34. The van der Waals surface area contributed by atoms with Gasteiger partial charge in [-0.2, -0.15) is 0 Å². The number of primary amides is 1. The zero-order valence-electron chi connectivity index (χ0n) is 11.0. The molecule has 0 radical (unpaired) electrons. The van der Waals surface area contributed by atoms with Crippen LogP contribution in [-0.4, -0.2) is 46.8 Å². The third-order valence-corrected chi connectivity index (χ3v) is 3.18. The molecule has 0 spiro atoms. The highest BCUT2D eigenvalue weighted by Gasteiger charge is 2.29. The smallest absolute Gasteiger partial charge is 0.330 e. The first-order valence-corrected chi connectivity index (χ1v) is 6.43. The molecule has 1 amide bonds.